The maximum atomic E-state index is 11.5. The van der Waals surface area contributed by atoms with Gasteiger partial charge in [-0.2, -0.15) is 5.26 Å². The molecule has 1 rings (SSSR count). The second kappa shape index (κ2) is 7.24. The molecule has 6 nitrogen and oxygen atoms in total. The molecule has 108 valence electrons. The Balaban J connectivity index is 3.10. The average Bonchev–Trinajstić information content (AvgIpc) is 2.45. The van der Waals surface area contributed by atoms with Gasteiger partial charge in [0.25, 0.3) is 0 Å². The first-order valence-electron chi connectivity index (χ1n) is 6.13. The van der Waals surface area contributed by atoms with Crippen molar-refractivity contribution in [3.05, 3.63) is 17.7 Å². The summed E-state index contributed by atoms with van der Waals surface area (Å²) in [6.07, 6.45) is -0.0272. The Morgan fingerprint density at radius 1 is 1.35 bits per heavy atom. The molecule has 1 atom stereocenters. The maximum Gasteiger partial charge on any atom is 0.307 e. The lowest BCUT2D eigenvalue weighted by atomic mass is 9.96. The van der Waals surface area contributed by atoms with Crippen molar-refractivity contribution >= 4 is 11.7 Å². The van der Waals surface area contributed by atoms with Crippen molar-refractivity contribution in [3.63, 3.8) is 0 Å². The molecular formula is C14H18N2O4. The third-order valence-corrected chi connectivity index (χ3v) is 2.80. The molecule has 2 N–H and O–H groups in total. The van der Waals surface area contributed by atoms with Crippen LogP contribution in [0.1, 0.15) is 24.8 Å². The number of carbonyl (C=O) groups is 1. The molecule has 0 saturated heterocycles. The van der Waals surface area contributed by atoms with Crippen LogP contribution < -0.4 is 15.2 Å². The van der Waals surface area contributed by atoms with E-state index in [1.165, 1.54) is 14.2 Å². The van der Waals surface area contributed by atoms with E-state index in [1.807, 2.05) is 0 Å². The first-order valence-corrected chi connectivity index (χ1v) is 6.13. The summed E-state index contributed by atoms with van der Waals surface area (Å²) in [5.74, 6) is -0.252. The van der Waals surface area contributed by atoms with Gasteiger partial charge < -0.3 is 19.9 Å². The Kier molecular flexibility index (Phi) is 5.66. The van der Waals surface area contributed by atoms with Gasteiger partial charge >= 0.3 is 5.97 Å². The van der Waals surface area contributed by atoms with Crippen molar-refractivity contribution in [2.45, 2.75) is 19.3 Å². The average molecular weight is 278 g/mol. The summed E-state index contributed by atoms with van der Waals surface area (Å²) in [5.41, 5.74) is 6.79. The zero-order valence-corrected chi connectivity index (χ0v) is 11.8. The van der Waals surface area contributed by atoms with Gasteiger partial charge in [0.2, 0.25) is 0 Å². The number of esters is 1. The van der Waals surface area contributed by atoms with Crippen LogP contribution in [-0.2, 0) is 9.53 Å². The van der Waals surface area contributed by atoms with Crippen LogP contribution in [-0.4, -0.2) is 26.8 Å². The number of nitrogens with two attached hydrogens (primary N) is 1. The molecule has 0 aliphatic heterocycles. The Bertz CT molecular complexity index is 497. The number of nitrogen functional groups attached to an aromatic ring is 1. The van der Waals surface area contributed by atoms with Gasteiger partial charge in [-0.15, -0.1) is 0 Å². The van der Waals surface area contributed by atoms with Crippen molar-refractivity contribution in [2.24, 2.45) is 0 Å². The smallest absolute Gasteiger partial charge is 0.307 e. The van der Waals surface area contributed by atoms with Crippen LogP contribution in [0.15, 0.2) is 12.1 Å². The highest BCUT2D eigenvalue weighted by Crippen LogP contribution is 2.36. The number of rotatable bonds is 6. The first kappa shape index (κ1) is 15.6. The predicted molar refractivity (Wildman–Crippen MR) is 73.6 cm³/mol. The lowest BCUT2D eigenvalue weighted by molar-refractivity contribution is -0.143. The molecule has 6 heteroatoms. The summed E-state index contributed by atoms with van der Waals surface area (Å²) in [5, 5.41) is 9.22. The van der Waals surface area contributed by atoms with Gasteiger partial charge in [0.1, 0.15) is 17.2 Å². The minimum atomic E-state index is -0.641. The maximum absolute atomic E-state index is 11.5. The lowest BCUT2D eigenvalue weighted by Gasteiger charge is -2.15. The lowest BCUT2D eigenvalue weighted by Crippen LogP contribution is -2.10. The second-order valence-electron chi connectivity index (χ2n) is 4.03. The van der Waals surface area contributed by atoms with E-state index in [2.05, 4.69) is 6.07 Å². The van der Waals surface area contributed by atoms with Crippen molar-refractivity contribution < 1.29 is 19.0 Å². The summed E-state index contributed by atoms with van der Waals surface area (Å²) >= 11 is 0. The second-order valence-corrected chi connectivity index (χ2v) is 4.03. The fourth-order valence-electron chi connectivity index (χ4n) is 1.78. The molecule has 0 fully saturated rings. The van der Waals surface area contributed by atoms with Crippen molar-refractivity contribution in [1.29, 1.82) is 5.26 Å². The summed E-state index contributed by atoms with van der Waals surface area (Å²) in [7, 11) is 2.95. The topological polar surface area (TPSA) is 94.6 Å². The molecule has 0 radical (unpaired) electrons. The van der Waals surface area contributed by atoms with Gasteiger partial charge in [-0.1, -0.05) is 0 Å². The standard InChI is InChI=1S/C14H18N2O4/c1-4-20-13(17)7-10(8-15)9-5-11(18-2)14(16)12(6-9)19-3/h5-6,10H,4,7,16H2,1-3H3. The summed E-state index contributed by atoms with van der Waals surface area (Å²) in [6.45, 7) is 2.00. The normalized spacial score (nSPS) is 11.3. The summed E-state index contributed by atoms with van der Waals surface area (Å²) in [4.78, 5) is 11.5. The zero-order chi connectivity index (χ0) is 15.1. The number of methoxy groups -OCH3 is 2. The highest BCUT2D eigenvalue weighted by atomic mass is 16.5. The van der Waals surface area contributed by atoms with E-state index in [1.54, 1.807) is 19.1 Å². The number of nitriles is 1. The molecular weight excluding hydrogens is 260 g/mol. The van der Waals surface area contributed by atoms with Crippen LogP contribution >= 0.6 is 0 Å². The number of benzene rings is 1. The molecule has 1 aromatic rings. The highest BCUT2D eigenvalue weighted by molar-refractivity contribution is 5.72. The predicted octanol–water partition coefficient (Wildman–Crippen LogP) is 1.85. The fraction of sp³-hybridized carbons (Fsp3) is 0.429. The van der Waals surface area contributed by atoms with E-state index < -0.39 is 11.9 Å². The zero-order valence-electron chi connectivity index (χ0n) is 11.8. The summed E-state index contributed by atoms with van der Waals surface area (Å²) < 4.78 is 15.1. The molecule has 1 aromatic carbocycles. The van der Waals surface area contributed by atoms with Crippen LogP contribution in [0.3, 0.4) is 0 Å². The van der Waals surface area contributed by atoms with Crippen molar-refractivity contribution in [3.8, 4) is 17.6 Å². The molecule has 0 aliphatic carbocycles. The van der Waals surface area contributed by atoms with Crippen LogP contribution in [0.25, 0.3) is 0 Å². The van der Waals surface area contributed by atoms with Crippen LogP contribution in [0.4, 0.5) is 5.69 Å². The quantitative estimate of drug-likeness (QED) is 0.630. The van der Waals surface area contributed by atoms with Gasteiger partial charge in [0.15, 0.2) is 0 Å². The number of hydrogen-bond donors (Lipinski definition) is 1. The Morgan fingerprint density at radius 3 is 2.30 bits per heavy atom. The van der Waals surface area contributed by atoms with E-state index in [0.29, 0.717) is 22.7 Å². The van der Waals surface area contributed by atoms with Gasteiger partial charge in [0.05, 0.1) is 39.2 Å². The summed E-state index contributed by atoms with van der Waals surface area (Å²) in [6, 6.07) is 5.34. The van der Waals surface area contributed by atoms with Gasteiger partial charge in [-0.05, 0) is 24.6 Å². The van der Waals surface area contributed by atoms with Gasteiger partial charge in [0, 0.05) is 0 Å². The third kappa shape index (κ3) is 3.54. The van der Waals surface area contributed by atoms with E-state index in [0.717, 1.165) is 0 Å². The third-order valence-electron chi connectivity index (χ3n) is 2.80. The minimum Gasteiger partial charge on any atom is -0.494 e. The van der Waals surface area contributed by atoms with E-state index in [-0.39, 0.29) is 13.0 Å². The molecule has 0 aromatic heterocycles. The number of nitrogens with zero attached hydrogens (tertiary/aromatic N) is 1. The molecule has 1 unspecified atom stereocenters. The Morgan fingerprint density at radius 2 is 1.90 bits per heavy atom. The Labute approximate surface area is 118 Å². The number of anilines is 1. The van der Waals surface area contributed by atoms with E-state index >= 15 is 0 Å². The van der Waals surface area contributed by atoms with Gasteiger partial charge in [-0.3, -0.25) is 4.79 Å². The SMILES string of the molecule is CCOC(=O)CC(C#N)c1cc(OC)c(N)c(OC)c1. The van der Waals surface area contributed by atoms with E-state index in [4.69, 9.17) is 19.9 Å². The van der Waals surface area contributed by atoms with Gasteiger partial charge in [-0.25, -0.2) is 0 Å². The minimum absolute atomic E-state index is 0.0272. The molecule has 0 spiro atoms. The molecule has 20 heavy (non-hydrogen) atoms. The first-order chi connectivity index (χ1) is 9.57. The number of hydrogen-bond acceptors (Lipinski definition) is 6. The molecule has 0 amide bonds. The van der Waals surface area contributed by atoms with Crippen LogP contribution in [0, 0.1) is 11.3 Å². The molecule has 0 bridgehead atoms. The largest absolute Gasteiger partial charge is 0.494 e. The monoisotopic (exact) mass is 278 g/mol. The van der Waals surface area contributed by atoms with Crippen LogP contribution in [0.2, 0.25) is 0 Å². The number of ether oxygens (including phenoxy) is 3. The van der Waals surface area contributed by atoms with Crippen LogP contribution in [0.5, 0.6) is 11.5 Å². The fourth-order valence-corrected chi connectivity index (χ4v) is 1.78. The molecule has 0 aliphatic rings. The number of carbonyl (C=O) groups excluding carboxylic acids is 1. The van der Waals surface area contributed by atoms with Crippen molar-refractivity contribution in [2.75, 3.05) is 26.6 Å². The van der Waals surface area contributed by atoms with Crippen molar-refractivity contribution in [1.82, 2.24) is 0 Å². The van der Waals surface area contributed by atoms with E-state index in [9.17, 15) is 10.1 Å². The molecule has 0 saturated carbocycles. The molecule has 0 heterocycles. The Hall–Kier alpha value is -2.42. The highest BCUT2D eigenvalue weighted by Gasteiger charge is 2.20.